The molecule has 0 N–H and O–H groups in total. The number of likely N-dealkylation sites (N-methyl/N-ethyl adjacent to an activating group) is 4. The van der Waals surface area contributed by atoms with E-state index >= 15 is 0 Å². The van der Waals surface area contributed by atoms with Gasteiger partial charge in [-0.2, -0.15) is 0 Å². The number of amides is 2. The van der Waals surface area contributed by atoms with E-state index in [2.05, 4.69) is 0 Å². The van der Waals surface area contributed by atoms with Crippen LogP contribution in [0.4, 0.5) is 4.79 Å². The Hall–Kier alpha value is -0.680. The Morgan fingerprint density at radius 3 is 2.20 bits per heavy atom. The molecule has 2 atom stereocenters. The van der Waals surface area contributed by atoms with Gasteiger partial charge >= 0.3 is 11.3 Å². The summed E-state index contributed by atoms with van der Waals surface area (Å²) in [6, 6.07) is 0.0304. The molecule has 2 aliphatic rings. The fourth-order valence-electron chi connectivity index (χ4n) is 2.26. The van der Waals surface area contributed by atoms with Gasteiger partial charge in [0.05, 0.1) is 14.1 Å². The Morgan fingerprint density at radius 1 is 1.20 bits per heavy atom. The van der Waals surface area contributed by atoms with E-state index < -0.39 is 0 Å². The summed E-state index contributed by atoms with van der Waals surface area (Å²) in [6.45, 7) is 0. The first kappa shape index (κ1) is 12.4. The molecular formula is C8H14Cl2N4O. The summed E-state index contributed by atoms with van der Waals surface area (Å²) < 4.78 is 1.91. The molecule has 0 aromatic carbocycles. The molecular weight excluding hydrogens is 239 g/mol. The predicted octanol–water partition coefficient (Wildman–Crippen LogP) is -3.18. The van der Waals surface area contributed by atoms with Gasteiger partial charge in [-0.25, -0.2) is 14.3 Å². The number of urea groups is 1. The molecule has 0 spiro atoms. The predicted molar refractivity (Wildman–Crippen MR) is 53.3 cm³/mol. The van der Waals surface area contributed by atoms with Crippen molar-refractivity contribution in [3.8, 4) is 0 Å². The van der Waals surface area contributed by atoms with Gasteiger partial charge in [-0.05, 0) is 0 Å². The third-order valence-electron chi connectivity index (χ3n) is 3.04. The lowest BCUT2D eigenvalue weighted by molar-refractivity contribution is -0.548. The SMILES string of the molecule is CN1C(=O)N(C)C2C1N(C)C(Cl)=[N+]2C.[Cl-]. The number of rotatable bonds is 0. The zero-order valence-electron chi connectivity index (χ0n) is 9.11. The number of amidine groups is 1. The van der Waals surface area contributed by atoms with Crippen LogP contribution in [0.25, 0.3) is 0 Å². The molecule has 2 heterocycles. The van der Waals surface area contributed by atoms with Gasteiger partial charge in [0, 0.05) is 25.7 Å². The number of hydrogen-bond donors (Lipinski definition) is 0. The Kier molecular flexibility index (Phi) is 3.07. The maximum absolute atomic E-state index is 11.7. The highest BCUT2D eigenvalue weighted by atomic mass is 35.5. The zero-order valence-corrected chi connectivity index (χ0v) is 10.6. The zero-order chi connectivity index (χ0) is 10.6. The van der Waals surface area contributed by atoms with Crippen molar-refractivity contribution < 1.29 is 21.8 Å². The van der Waals surface area contributed by atoms with Crippen molar-refractivity contribution in [1.29, 1.82) is 0 Å². The van der Waals surface area contributed by atoms with Crippen molar-refractivity contribution >= 4 is 22.9 Å². The van der Waals surface area contributed by atoms with Crippen molar-refractivity contribution in [2.45, 2.75) is 12.3 Å². The first-order chi connectivity index (χ1) is 6.46. The smallest absolute Gasteiger partial charge is 0.348 e. The average molecular weight is 253 g/mol. The van der Waals surface area contributed by atoms with Crippen LogP contribution in [0.5, 0.6) is 0 Å². The molecule has 0 saturated carbocycles. The van der Waals surface area contributed by atoms with Crippen LogP contribution in [0, 0.1) is 0 Å². The van der Waals surface area contributed by atoms with Gasteiger partial charge in [-0.1, -0.05) is 0 Å². The Bertz CT molecular complexity index is 333. The van der Waals surface area contributed by atoms with Gasteiger partial charge in [0.2, 0.25) is 12.3 Å². The van der Waals surface area contributed by atoms with E-state index in [0.29, 0.717) is 5.29 Å². The summed E-state index contributed by atoms with van der Waals surface area (Å²) in [6.07, 6.45) is 0.0370. The molecule has 1 fully saturated rings. The molecule has 2 aliphatic heterocycles. The topological polar surface area (TPSA) is 29.8 Å². The van der Waals surface area contributed by atoms with Crippen LogP contribution in [0.15, 0.2) is 0 Å². The molecule has 7 heteroatoms. The number of nitrogens with zero attached hydrogens (tertiary/aromatic N) is 4. The number of carbonyl (C=O) groups is 1. The van der Waals surface area contributed by atoms with Crippen molar-refractivity contribution in [3.63, 3.8) is 0 Å². The minimum atomic E-state index is 0. The van der Waals surface area contributed by atoms with Gasteiger partial charge in [-0.3, -0.25) is 9.80 Å². The van der Waals surface area contributed by atoms with Crippen molar-refractivity contribution in [2.24, 2.45) is 0 Å². The lowest BCUT2D eigenvalue weighted by Crippen LogP contribution is -3.00. The Morgan fingerprint density at radius 2 is 1.73 bits per heavy atom. The maximum Gasteiger partial charge on any atom is 0.348 e. The van der Waals surface area contributed by atoms with E-state index in [1.165, 1.54) is 0 Å². The third-order valence-corrected chi connectivity index (χ3v) is 3.57. The molecule has 15 heavy (non-hydrogen) atoms. The van der Waals surface area contributed by atoms with Crippen LogP contribution in [0.2, 0.25) is 0 Å². The molecule has 0 bridgehead atoms. The number of halogens is 2. The molecule has 0 radical (unpaired) electrons. The van der Waals surface area contributed by atoms with Crippen LogP contribution in [-0.2, 0) is 0 Å². The van der Waals surface area contributed by atoms with Crippen molar-refractivity contribution in [2.75, 3.05) is 28.2 Å². The number of hydrogen-bond acceptors (Lipinski definition) is 2. The van der Waals surface area contributed by atoms with Gasteiger partial charge in [-0.15, -0.1) is 0 Å². The van der Waals surface area contributed by atoms with Gasteiger partial charge in [0.15, 0.2) is 0 Å². The molecule has 0 aromatic rings. The molecule has 0 aromatic heterocycles. The highest BCUT2D eigenvalue weighted by molar-refractivity contribution is 6.63. The van der Waals surface area contributed by atoms with Gasteiger partial charge < -0.3 is 12.4 Å². The minimum Gasteiger partial charge on any atom is -1.00 e. The monoisotopic (exact) mass is 252 g/mol. The van der Waals surface area contributed by atoms with Crippen LogP contribution in [-0.4, -0.2) is 71.1 Å². The standard InChI is InChI=1S/C8H14ClN4O.ClH/c1-10-5-6(11(2)7(10)9)13(4)8(14)12(5)3;/h5-6H,1-4H3;1H/q+1;/p-1. The fourth-order valence-corrected chi connectivity index (χ4v) is 2.46. The fraction of sp³-hybridized carbons (Fsp3) is 0.750. The highest BCUT2D eigenvalue weighted by Crippen LogP contribution is 2.28. The quantitative estimate of drug-likeness (QED) is 0.336. The Labute approximate surface area is 100 Å². The minimum absolute atomic E-state index is 0. The molecule has 2 rings (SSSR count). The summed E-state index contributed by atoms with van der Waals surface area (Å²) in [4.78, 5) is 17.0. The largest absolute Gasteiger partial charge is 1.00 e. The van der Waals surface area contributed by atoms with Crippen LogP contribution in [0.3, 0.4) is 0 Å². The molecule has 5 nitrogen and oxygen atoms in total. The lowest BCUT2D eigenvalue weighted by atomic mass is 10.4. The molecule has 1 saturated heterocycles. The van der Waals surface area contributed by atoms with Crippen LogP contribution < -0.4 is 12.4 Å². The van der Waals surface area contributed by atoms with Crippen molar-refractivity contribution in [1.82, 2.24) is 14.7 Å². The van der Waals surface area contributed by atoms with E-state index in [1.54, 1.807) is 23.9 Å². The lowest BCUT2D eigenvalue weighted by Gasteiger charge is -2.18. The second-order valence-electron chi connectivity index (χ2n) is 3.82. The molecule has 0 aliphatic carbocycles. The summed E-state index contributed by atoms with van der Waals surface area (Å²) in [5, 5.41) is 0.672. The summed E-state index contributed by atoms with van der Waals surface area (Å²) in [5.74, 6) is 0. The second kappa shape index (κ2) is 3.72. The molecule has 86 valence electrons. The summed E-state index contributed by atoms with van der Waals surface area (Å²) in [5.41, 5.74) is 0. The first-order valence-corrected chi connectivity index (χ1v) is 4.82. The summed E-state index contributed by atoms with van der Waals surface area (Å²) >= 11 is 6.10. The number of carbonyl (C=O) groups excluding carboxylic acids is 1. The van der Waals surface area contributed by atoms with E-state index in [0.717, 1.165) is 0 Å². The Balaban J connectivity index is 0.00000112. The van der Waals surface area contributed by atoms with Gasteiger partial charge in [0.1, 0.15) is 0 Å². The first-order valence-electron chi connectivity index (χ1n) is 4.44. The molecule has 2 unspecified atom stereocenters. The highest BCUT2D eigenvalue weighted by Gasteiger charge is 2.56. The maximum atomic E-state index is 11.7. The van der Waals surface area contributed by atoms with E-state index in [1.807, 2.05) is 23.6 Å². The average Bonchev–Trinajstić information content (AvgIpc) is 2.51. The normalized spacial score (nSPS) is 29.9. The van der Waals surface area contributed by atoms with Crippen LogP contribution in [0.1, 0.15) is 0 Å². The van der Waals surface area contributed by atoms with Gasteiger partial charge in [0.25, 0.3) is 0 Å². The van der Waals surface area contributed by atoms with Crippen molar-refractivity contribution in [3.05, 3.63) is 0 Å². The van der Waals surface area contributed by atoms with E-state index in [9.17, 15) is 4.79 Å². The number of fused-ring (bicyclic) bond motifs is 1. The third kappa shape index (κ3) is 1.37. The molecule has 2 amide bonds. The summed E-state index contributed by atoms with van der Waals surface area (Å²) in [7, 11) is 7.38. The van der Waals surface area contributed by atoms with E-state index in [4.69, 9.17) is 11.6 Å². The second-order valence-corrected chi connectivity index (χ2v) is 4.16. The van der Waals surface area contributed by atoms with Crippen LogP contribution >= 0.6 is 11.6 Å². The van der Waals surface area contributed by atoms with E-state index in [-0.39, 0.29) is 30.8 Å².